The van der Waals surface area contributed by atoms with Gasteiger partial charge in [0.1, 0.15) is 11.5 Å². The van der Waals surface area contributed by atoms with Crippen molar-refractivity contribution in [3.05, 3.63) is 59.7 Å². The lowest BCUT2D eigenvalue weighted by Gasteiger charge is -2.23. The summed E-state index contributed by atoms with van der Waals surface area (Å²) in [7, 11) is 1.71. The van der Waals surface area contributed by atoms with Crippen LogP contribution in [0.15, 0.2) is 48.5 Å². The number of halogens is 1. The number of hydrogen-bond donors (Lipinski definition) is 1. The summed E-state index contributed by atoms with van der Waals surface area (Å²) >= 11 is 0. The molecule has 0 radical (unpaired) electrons. The molecule has 1 unspecified atom stereocenters. The van der Waals surface area contributed by atoms with Crippen LogP contribution in [-0.4, -0.2) is 26.8 Å². The van der Waals surface area contributed by atoms with E-state index in [2.05, 4.69) is 41.7 Å². The lowest BCUT2D eigenvalue weighted by molar-refractivity contribution is 0.217. The van der Waals surface area contributed by atoms with Gasteiger partial charge in [-0.15, -0.1) is 12.4 Å². The summed E-state index contributed by atoms with van der Waals surface area (Å²) in [6.07, 6.45) is 7.10. The lowest BCUT2D eigenvalue weighted by Crippen LogP contribution is -2.33. The quantitative estimate of drug-likeness (QED) is 0.608. The highest BCUT2D eigenvalue weighted by Crippen LogP contribution is 2.22. The molecule has 4 heteroatoms. The van der Waals surface area contributed by atoms with Crippen molar-refractivity contribution >= 4 is 12.4 Å². The summed E-state index contributed by atoms with van der Waals surface area (Å²) in [5, 5.41) is 3.46. The van der Waals surface area contributed by atoms with Crippen LogP contribution >= 0.6 is 12.4 Å². The molecule has 1 atom stereocenters. The van der Waals surface area contributed by atoms with Gasteiger partial charge in [0.25, 0.3) is 0 Å². The Kier molecular flexibility index (Phi) is 9.51. The smallest absolute Gasteiger partial charge is 0.122 e. The van der Waals surface area contributed by atoms with E-state index in [0.717, 1.165) is 44.0 Å². The highest BCUT2D eigenvalue weighted by atomic mass is 35.5. The number of benzene rings is 2. The molecule has 0 amide bonds. The Bertz CT molecular complexity index is 654. The van der Waals surface area contributed by atoms with Crippen molar-refractivity contribution in [2.75, 3.05) is 26.8 Å². The molecule has 1 saturated heterocycles. The van der Waals surface area contributed by atoms with Gasteiger partial charge in [-0.1, -0.05) is 30.3 Å². The van der Waals surface area contributed by atoms with Crippen LogP contribution < -0.4 is 14.8 Å². The molecule has 1 heterocycles. The molecule has 27 heavy (non-hydrogen) atoms. The zero-order valence-corrected chi connectivity index (χ0v) is 17.1. The van der Waals surface area contributed by atoms with Gasteiger partial charge in [0.15, 0.2) is 0 Å². The van der Waals surface area contributed by atoms with Gasteiger partial charge in [0, 0.05) is 12.5 Å². The fourth-order valence-corrected chi connectivity index (χ4v) is 3.56. The van der Waals surface area contributed by atoms with Gasteiger partial charge in [-0.05, 0) is 74.4 Å². The fourth-order valence-electron chi connectivity index (χ4n) is 3.56. The number of piperidine rings is 1. The topological polar surface area (TPSA) is 30.5 Å². The first-order valence-electron chi connectivity index (χ1n) is 9.89. The van der Waals surface area contributed by atoms with E-state index in [0.29, 0.717) is 5.92 Å². The van der Waals surface area contributed by atoms with Crippen LogP contribution in [0, 0.1) is 5.92 Å². The zero-order valence-electron chi connectivity index (χ0n) is 16.3. The van der Waals surface area contributed by atoms with Gasteiger partial charge in [0.05, 0.1) is 13.7 Å². The Labute approximate surface area is 169 Å². The first-order chi connectivity index (χ1) is 12.8. The molecular formula is C23H32ClNO2. The fraction of sp³-hybridized carbons (Fsp3) is 0.478. The minimum atomic E-state index is 0. The first-order valence-corrected chi connectivity index (χ1v) is 9.89. The Morgan fingerprint density at radius 2 is 1.78 bits per heavy atom. The molecule has 1 N–H and O–H groups in total. The molecule has 148 valence electrons. The third-order valence-corrected chi connectivity index (χ3v) is 5.17. The predicted octanol–water partition coefficient (Wildman–Crippen LogP) is 5.06. The number of methoxy groups -OCH3 is 1. The largest absolute Gasteiger partial charge is 0.497 e. The molecular weight excluding hydrogens is 358 g/mol. The van der Waals surface area contributed by atoms with Crippen molar-refractivity contribution in [2.24, 2.45) is 5.92 Å². The van der Waals surface area contributed by atoms with Crippen molar-refractivity contribution in [1.29, 1.82) is 0 Å². The van der Waals surface area contributed by atoms with E-state index >= 15 is 0 Å². The Morgan fingerprint density at radius 3 is 2.52 bits per heavy atom. The van der Waals surface area contributed by atoms with Crippen LogP contribution in [0.1, 0.15) is 36.8 Å². The van der Waals surface area contributed by atoms with Crippen LogP contribution in [-0.2, 0) is 12.8 Å². The van der Waals surface area contributed by atoms with Crippen molar-refractivity contribution in [3.63, 3.8) is 0 Å². The highest BCUT2D eigenvalue weighted by Gasteiger charge is 2.14. The molecule has 1 aliphatic rings. The second kappa shape index (κ2) is 11.9. The summed E-state index contributed by atoms with van der Waals surface area (Å²) in [6.45, 7) is 3.07. The van der Waals surface area contributed by atoms with E-state index < -0.39 is 0 Å². The summed E-state index contributed by atoms with van der Waals surface area (Å²) in [5.74, 6) is 2.64. The van der Waals surface area contributed by atoms with E-state index in [9.17, 15) is 0 Å². The Morgan fingerprint density at radius 1 is 1.00 bits per heavy atom. The summed E-state index contributed by atoms with van der Waals surface area (Å²) in [5.41, 5.74) is 2.71. The van der Waals surface area contributed by atoms with Crippen LogP contribution in [0.4, 0.5) is 0 Å². The number of hydrogen-bond acceptors (Lipinski definition) is 3. The van der Waals surface area contributed by atoms with Gasteiger partial charge >= 0.3 is 0 Å². The molecule has 3 rings (SSSR count). The molecule has 0 saturated carbocycles. The van der Waals surface area contributed by atoms with Gasteiger partial charge in [-0.25, -0.2) is 0 Å². The van der Waals surface area contributed by atoms with Crippen molar-refractivity contribution in [2.45, 2.75) is 38.5 Å². The van der Waals surface area contributed by atoms with Crippen LogP contribution in [0.25, 0.3) is 0 Å². The number of ether oxygens (including phenoxy) is 2. The van der Waals surface area contributed by atoms with Gasteiger partial charge in [-0.3, -0.25) is 0 Å². The average molecular weight is 390 g/mol. The molecule has 0 bridgehead atoms. The minimum Gasteiger partial charge on any atom is -0.497 e. The summed E-state index contributed by atoms with van der Waals surface area (Å²) in [4.78, 5) is 0. The maximum Gasteiger partial charge on any atom is 0.122 e. The SMILES string of the molecule is COc1ccc(CCCCc2ccccc2OCC2CCCNC2)cc1.Cl. The Hall–Kier alpha value is -1.71. The van der Waals surface area contributed by atoms with Gasteiger partial charge in [-0.2, -0.15) is 0 Å². The summed E-state index contributed by atoms with van der Waals surface area (Å²) < 4.78 is 11.4. The molecule has 2 aromatic carbocycles. The second-order valence-electron chi connectivity index (χ2n) is 7.19. The lowest BCUT2D eigenvalue weighted by atomic mass is 10.0. The maximum atomic E-state index is 6.16. The minimum absolute atomic E-state index is 0. The van der Waals surface area contributed by atoms with Crippen molar-refractivity contribution in [3.8, 4) is 11.5 Å². The molecule has 3 nitrogen and oxygen atoms in total. The number of para-hydroxylation sites is 1. The molecule has 0 aromatic heterocycles. The van der Waals surface area contributed by atoms with Crippen molar-refractivity contribution in [1.82, 2.24) is 5.32 Å². The van der Waals surface area contributed by atoms with Crippen molar-refractivity contribution < 1.29 is 9.47 Å². The van der Waals surface area contributed by atoms with Crippen LogP contribution in [0.5, 0.6) is 11.5 Å². The summed E-state index contributed by atoms with van der Waals surface area (Å²) in [6, 6.07) is 16.9. The van der Waals surface area contributed by atoms with Crippen LogP contribution in [0.3, 0.4) is 0 Å². The molecule has 1 aliphatic heterocycles. The third kappa shape index (κ3) is 7.08. The van der Waals surface area contributed by atoms with Gasteiger partial charge < -0.3 is 14.8 Å². The van der Waals surface area contributed by atoms with E-state index in [-0.39, 0.29) is 12.4 Å². The number of aryl methyl sites for hydroxylation is 2. The van der Waals surface area contributed by atoms with Gasteiger partial charge in [0.2, 0.25) is 0 Å². The molecule has 0 aliphatic carbocycles. The normalized spacial score (nSPS) is 16.4. The average Bonchev–Trinajstić information content (AvgIpc) is 2.71. The predicted molar refractivity (Wildman–Crippen MR) is 114 cm³/mol. The van der Waals surface area contributed by atoms with E-state index in [1.807, 2.05) is 12.1 Å². The standard InChI is InChI=1S/C23H31NO2.ClH/c1-25-22-14-12-19(13-15-22)7-2-3-9-21-10-4-5-11-23(21)26-18-20-8-6-16-24-17-20;/h4-5,10-15,20,24H,2-3,6-9,16-18H2,1H3;1H. The van der Waals surface area contributed by atoms with Crippen LogP contribution in [0.2, 0.25) is 0 Å². The zero-order chi connectivity index (χ0) is 18.0. The maximum absolute atomic E-state index is 6.16. The van der Waals surface area contributed by atoms with E-state index in [1.54, 1.807) is 7.11 Å². The monoisotopic (exact) mass is 389 g/mol. The second-order valence-corrected chi connectivity index (χ2v) is 7.19. The third-order valence-electron chi connectivity index (χ3n) is 5.17. The number of nitrogens with one attached hydrogen (secondary N) is 1. The molecule has 2 aromatic rings. The Balaban J connectivity index is 0.00000261. The number of rotatable bonds is 9. The highest BCUT2D eigenvalue weighted by molar-refractivity contribution is 5.85. The first kappa shape index (κ1) is 21.6. The van der Waals surface area contributed by atoms with E-state index in [1.165, 1.54) is 36.8 Å². The molecule has 1 fully saturated rings. The molecule has 0 spiro atoms. The van der Waals surface area contributed by atoms with E-state index in [4.69, 9.17) is 9.47 Å². The number of unbranched alkanes of at least 4 members (excludes halogenated alkanes) is 1.